The van der Waals surface area contributed by atoms with E-state index >= 15 is 0 Å². The lowest BCUT2D eigenvalue weighted by Gasteiger charge is -2.31. The topological polar surface area (TPSA) is 139 Å². The Bertz CT molecular complexity index is 1590. The van der Waals surface area contributed by atoms with Crippen molar-refractivity contribution in [3.8, 4) is 17.1 Å². The number of phenolic OH excluding ortho intramolecular Hbond substituents is 1. The molecule has 0 saturated heterocycles. The van der Waals surface area contributed by atoms with Gasteiger partial charge in [0.25, 0.3) is 17.4 Å². The first kappa shape index (κ1) is 21.2. The van der Waals surface area contributed by atoms with Crippen LogP contribution in [-0.4, -0.2) is 42.4 Å². The van der Waals surface area contributed by atoms with E-state index < -0.39 is 23.4 Å². The summed E-state index contributed by atoms with van der Waals surface area (Å²) in [6.07, 6.45) is 2.40. The molecule has 1 atom stereocenters. The zero-order valence-corrected chi connectivity index (χ0v) is 18.6. The van der Waals surface area contributed by atoms with E-state index in [4.69, 9.17) is 9.72 Å². The van der Waals surface area contributed by atoms with Crippen LogP contribution in [0.25, 0.3) is 22.3 Å². The van der Waals surface area contributed by atoms with Gasteiger partial charge in [0.1, 0.15) is 12.4 Å². The van der Waals surface area contributed by atoms with E-state index in [-0.39, 0.29) is 48.6 Å². The van der Waals surface area contributed by atoms with Crippen LogP contribution in [0.15, 0.2) is 41.2 Å². The molecule has 0 bridgehead atoms. The summed E-state index contributed by atoms with van der Waals surface area (Å²) < 4.78 is 6.61. The first-order valence-electron chi connectivity index (χ1n) is 11.1. The number of aromatic nitrogens is 2. The number of fused-ring (bicyclic) bond motifs is 5. The summed E-state index contributed by atoms with van der Waals surface area (Å²) in [6, 6.07) is 6.46. The van der Waals surface area contributed by atoms with Gasteiger partial charge < -0.3 is 19.5 Å². The van der Waals surface area contributed by atoms with Crippen molar-refractivity contribution in [1.82, 2.24) is 14.5 Å². The van der Waals surface area contributed by atoms with Gasteiger partial charge in [-0.1, -0.05) is 6.92 Å². The third kappa shape index (κ3) is 2.83. The molecule has 0 aliphatic carbocycles. The summed E-state index contributed by atoms with van der Waals surface area (Å²) in [5.41, 5.74) is 0.702. The lowest BCUT2D eigenvalue weighted by Crippen LogP contribution is -2.44. The molecule has 0 fully saturated rings. The fourth-order valence-corrected chi connectivity index (χ4v) is 5.01. The van der Waals surface area contributed by atoms with Gasteiger partial charge in [-0.2, -0.15) is 0 Å². The van der Waals surface area contributed by atoms with E-state index in [9.17, 15) is 29.4 Å². The Kier molecular flexibility index (Phi) is 4.31. The highest BCUT2D eigenvalue weighted by molar-refractivity contribution is 6.13. The van der Waals surface area contributed by atoms with Gasteiger partial charge in [-0.15, -0.1) is 0 Å². The highest BCUT2D eigenvalue weighted by Crippen LogP contribution is 2.39. The molecular weight excluding hydrogens is 454 g/mol. The summed E-state index contributed by atoms with van der Waals surface area (Å²) in [7, 11) is 0. The Morgan fingerprint density at radius 3 is 2.57 bits per heavy atom. The second kappa shape index (κ2) is 7.09. The van der Waals surface area contributed by atoms with Gasteiger partial charge in [-0.05, 0) is 30.7 Å². The number of amides is 2. The number of phenols is 1. The smallest absolute Gasteiger partial charge is 0.343 e. The molecule has 6 rings (SSSR count). The van der Waals surface area contributed by atoms with E-state index in [2.05, 4.69) is 0 Å². The number of cyclic esters (lactones) is 1. The van der Waals surface area contributed by atoms with Crippen molar-refractivity contribution in [1.29, 1.82) is 0 Å². The number of carbonyl (C=O) groups is 3. The van der Waals surface area contributed by atoms with Crippen molar-refractivity contribution in [3.05, 3.63) is 69.0 Å². The first-order chi connectivity index (χ1) is 16.7. The summed E-state index contributed by atoms with van der Waals surface area (Å²) in [6.45, 7) is 1.49. The van der Waals surface area contributed by atoms with Crippen molar-refractivity contribution in [2.24, 2.45) is 0 Å². The van der Waals surface area contributed by atoms with Gasteiger partial charge in [0, 0.05) is 34.2 Å². The van der Waals surface area contributed by atoms with Crippen LogP contribution in [-0.2, 0) is 44.4 Å². The van der Waals surface area contributed by atoms with E-state index in [1.807, 2.05) is 0 Å². The Morgan fingerprint density at radius 1 is 1.11 bits per heavy atom. The minimum Gasteiger partial charge on any atom is -0.508 e. The predicted molar refractivity (Wildman–Crippen MR) is 121 cm³/mol. The zero-order valence-electron chi connectivity index (χ0n) is 18.6. The minimum absolute atomic E-state index is 0.0468. The van der Waals surface area contributed by atoms with E-state index in [1.165, 1.54) is 22.8 Å². The van der Waals surface area contributed by atoms with Gasteiger partial charge in [0.05, 0.1) is 35.6 Å². The average molecular weight is 473 g/mol. The quantitative estimate of drug-likeness (QED) is 0.334. The van der Waals surface area contributed by atoms with Gasteiger partial charge in [0.15, 0.2) is 5.60 Å². The number of benzene rings is 1. The molecule has 0 radical (unpaired) electrons. The standard InChI is InChI=1S/C25H19N3O7/c1-2-25(34)16-8-18-22-12(9-27(18)23(32)15(16)11-35-24(25)33)7-13-14(19(29)4-3-17(13)26-22)10-28-20(30)5-6-21(28)31/h3-8,29,34H,2,9-11H2,1H3/t25-/m0/s1. The number of esters is 1. The van der Waals surface area contributed by atoms with Gasteiger partial charge >= 0.3 is 5.97 Å². The third-order valence-corrected chi connectivity index (χ3v) is 6.99. The molecule has 2 N–H and O–H groups in total. The molecule has 2 amide bonds. The highest BCUT2D eigenvalue weighted by Gasteiger charge is 2.45. The molecule has 10 heteroatoms. The number of rotatable bonds is 3. The van der Waals surface area contributed by atoms with E-state index in [1.54, 1.807) is 25.1 Å². The van der Waals surface area contributed by atoms with Gasteiger partial charge in [0.2, 0.25) is 0 Å². The minimum atomic E-state index is -1.91. The maximum absolute atomic E-state index is 13.3. The number of hydrogen-bond acceptors (Lipinski definition) is 8. The molecular formula is C25H19N3O7. The van der Waals surface area contributed by atoms with E-state index in [0.717, 1.165) is 4.90 Å². The third-order valence-electron chi connectivity index (χ3n) is 6.99. The van der Waals surface area contributed by atoms with Crippen molar-refractivity contribution < 1.29 is 29.3 Å². The van der Waals surface area contributed by atoms with Crippen LogP contribution in [0.3, 0.4) is 0 Å². The van der Waals surface area contributed by atoms with Crippen LogP contribution < -0.4 is 5.56 Å². The summed E-state index contributed by atoms with van der Waals surface area (Å²) in [5, 5.41) is 22.1. The maximum atomic E-state index is 13.3. The lowest BCUT2D eigenvalue weighted by atomic mass is 9.86. The predicted octanol–water partition coefficient (Wildman–Crippen LogP) is 1.21. The van der Waals surface area contributed by atoms with Crippen molar-refractivity contribution >= 4 is 28.7 Å². The fourth-order valence-electron chi connectivity index (χ4n) is 5.01. The van der Waals surface area contributed by atoms with Crippen LogP contribution in [0, 0.1) is 0 Å². The zero-order chi connectivity index (χ0) is 24.6. The van der Waals surface area contributed by atoms with E-state index in [0.29, 0.717) is 33.4 Å². The van der Waals surface area contributed by atoms with Crippen LogP contribution in [0.5, 0.6) is 5.75 Å². The molecule has 176 valence electrons. The van der Waals surface area contributed by atoms with Gasteiger partial charge in [-0.25, -0.2) is 9.78 Å². The average Bonchev–Trinajstić information content (AvgIpc) is 3.36. The first-order valence-corrected chi connectivity index (χ1v) is 11.1. The normalized spacial score (nSPS) is 20.3. The molecule has 3 aromatic rings. The fraction of sp³-hybridized carbons (Fsp3) is 0.240. The van der Waals surface area contributed by atoms with Crippen LogP contribution in [0.1, 0.15) is 35.6 Å². The maximum Gasteiger partial charge on any atom is 0.343 e. The largest absolute Gasteiger partial charge is 0.508 e. The number of aromatic hydroxyl groups is 1. The highest BCUT2D eigenvalue weighted by atomic mass is 16.6. The molecule has 3 aliphatic rings. The van der Waals surface area contributed by atoms with Crippen LogP contribution in [0.4, 0.5) is 0 Å². The second-order valence-electron chi connectivity index (χ2n) is 8.83. The molecule has 5 heterocycles. The molecule has 3 aliphatic heterocycles. The SMILES string of the molecule is CC[C@@]1(O)C(=O)OCc2c1cc1n(c2=O)Cc2cc3c(CN4C(=O)C=CC4=O)c(O)ccc3nc2-1. The molecule has 0 spiro atoms. The molecule has 35 heavy (non-hydrogen) atoms. The molecule has 2 aromatic heterocycles. The van der Waals surface area contributed by atoms with Gasteiger partial charge in [-0.3, -0.25) is 19.3 Å². The van der Waals surface area contributed by atoms with Crippen molar-refractivity contribution in [2.75, 3.05) is 0 Å². The van der Waals surface area contributed by atoms with Crippen LogP contribution >= 0.6 is 0 Å². The van der Waals surface area contributed by atoms with Crippen molar-refractivity contribution in [2.45, 2.75) is 38.6 Å². The molecule has 10 nitrogen and oxygen atoms in total. The summed E-state index contributed by atoms with van der Waals surface area (Å²) in [5.74, 6) is -1.81. The number of ether oxygens (including phenoxy) is 1. The number of imide groups is 1. The molecule has 1 aromatic carbocycles. The Hall–Kier alpha value is -4.31. The number of nitrogens with zero attached hydrogens (tertiary/aromatic N) is 3. The Morgan fingerprint density at radius 2 is 1.86 bits per heavy atom. The summed E-state index contributed by atoms with van der Waals surface area (Å²) >= 11 is 0. The van der Waals surface area contributed by atoms with Crippen molar-refractivity contribution in [3.63, 3.8) is 0 Å². The monoisotopic (exact) mass is 473 g/mol. The number of carbonyl (C=O) groups excluding carboxylic acids is 3. The van der Waals surface area contributed by atoms with Crippen LogP contribution in [0.2, 0.25) is 0 Å². The number of hydrogen-bond donors (Lipinski definition) is 2. The Balaban J connectivity index is 1.52. The molecule has 0 saturated carbocycles. The second-order valence-corrected chi connectivity index (χ2v) is 8.83. The molecule has 0 unspecified atom stereocenters. The summed E-state index contributed by atoms with van der Waals surface area (Å²) in [4.78, 5) is 55.5. The lowest BCUT2D eigenvalue weighted by molar-refractivity contribution is -0.172. The number of aliphatic hydroxyl groups is 1. The Labute approximate surface area is 197 Å². The number of pyridine rings is 2.